The van der Waals surface area contributed by atoms with Gasteiger partial charge < -0.3 is 23.9 Å². The molecule has 4 aliphatic rings. The van der Waals surface area contributed by atoms with E-state index in [9.17, 15) is 0 Å². The first-order valence-electron chi connectivity index (χ1n) is 12.7. The van der Waals surface area contributed by atoms with Gasteiger partial charge >= 0.3 is 0 Å². The molecule has 0 saturated carbocycles. The van der Waals surface area contributed by atoms with Gasteiger partial charge in [-0.3, -0.25) is 0 Å². The molecule has 4 heteroatoms. The van der Waals surface area contributed by atoms with E-state index in [1.54, 1.807) is 0 Å². The van der Waals surface area contributed by atoms with Crippen LogP contribution in [0.4, 0.5) is 0 Å². The van der Waals surface area contributed by atoms with Crippen LogP contribution in [0.25, 0.3) is 0 Å². The monoisotopic (exact) mass is 610 g/mol. The summed E-state index contributed by atoms with van der Waals surface area (Å²) in [5.41, 5.74) is 4.99. The molecule has 0 aliphatic heterocycles. The van der Waals surface area contributed by atoms with E-state index in [1.807, 2.05) is 151 Å². The largest absolute Gasteiger partial charge is 0.701 e. The molecule has 0 aromatic heterocycles. The molecule has 0 fully saturated rings. The summed E-state index contributed by atoms with van der Waals surface area (Å²) >= 11 is 0. The van der Waals surface area contributed by atoms with Crippen LogP contribution in [0.3, 0.4) is 0 Å². The minimum atomic E-state index is -1.21. The summed E-state index contributed by atoms with van der Waals surface area (Å²) in [6, 6.07) is 0. The zero-order valence-electron chi connectivity index (χ0n) is 25.5. The third kappa shape index (κ3) is 64.7. The average molecular weight is 611 g/mol. The molecule has 0 nitrogen and oxygen atoms in total. The second kappa shape index (κ2) is 40.4. The van der Waals surface area contributed by atoms with Gasteiger partial charge in [-0.1, -0.05) is 164 Å². The standard InChI is InChI=1S/2C5H9Si.4C5H5.2C2H6.2Ti/c2*1-5-6(2,3)4;4*1-2-4-5-3-1;2*1-2;;/h2*2-4H3;4*1-5H;2*1-2H3;;/q2*-1;;;;;;;;. The van der Waals surface area contributed by atoms with Gasteiger partial charge in [0.05, 0.1) is 16.1 Å². The fourth-order valence-electron chi connectivity index (χ4n) is 1.28. The Morgan fingerprint density at radius 1 is 0.342 bits per heavy atom. The van der Waals surface area contributed by atoms with Crippen LogP contribution in [0, 0.1) is 49.6 Å². The molecule has 0 saturated heterocycles. The Hall–Kier alpha value is -1.10. The molecule has 0 amide bonds. The van der Waals surface area contributed by atoms with Crippen LogP contribution in [0.2, 0.25) is 39.3 Å². The first-order chi connectivity index (χ1) is 17.1. The molecule has 4 aliphatic carbocycles. The van der Waals surface area contributed by atoms with Gasteiger partial charge in [0, 0.05) is 69.1 Å². The quantitative estimate of drug-likeness (QED) is 0.145. The Balaban J connectivity index is -0.0000000779. The number of rotatable bonds is 0. The van der Waals surface area contributed by atoms with E-state index in [-0.39, 0.29) is 43.4 Å². The van der Waals surface area contributed by atoms with Gasteiger partial charge in [0.15, 0.2) is 0 Å². The van der Waals surface area contributed by atoms with Crippen molar-refractivity contribution in [1.29, 1.82) is 0 Å². The Kier molecular flexibility index (Phi) is 53.0. The van der Waals surface area contributed by atoms with Crippen molar-refractivity contribution in [1.82, 2.24) is 0 Å². The van der Waals surface area contributed by atoms with Gasteiger partial charge in [-0.15, -0.1) is 0 Å². The topological polar surface area (TPSA) is 0 Å². The predicted octanol–water partition coefficient (Wildman–Crippen LogP) is 10.2. The summed E-state index contributed by atoms with van der Waals surface area (Å²) in [5.74, 6) is 0. The molecule has 0 unspecified atom stereocenters. The van der Waals surface area contributed by atoms with Crippen LogP contribution >= 0.6 is 0 Å². The van der Waals surface area contributed by atoms with Crippen LogP contribution in [-0.2, 0) is 43.4 Å². The van der Waals surface area contributed by atoms with E-state index >= 15 is 0 Å². The maximum atomic E-state index is 6.67. The van der Waals surface area contributed by atoms with Gasteiger partial charge in [-0.05, 0) is 0 Å². The molecule has 0 spiro atoms. The van der Waals surface area contributed by atoms with Crippen molar-refractivity contribution in [3.8, 4) is 11.1 Å². The van der Waals surface area contributed by atoms with E-state index in [2.05, 4.69) is 50.4 Å². The molecule has 4 radical (unpaired) electrons. The maximum Gasteiger partial charge on any atom is 0.0806 e. The van der Waals surface area contributed by atoms with Crippen LogP contribution in [-0.4, -0.2) is 16.1 Å². The van der Waals surface area contributed by atoms with Gasteiger partial charge in [-0.25, -0.2) is 0 Å². The summed E-state index contributed by atoms with van der Waals surface area (Å²) < 4.78 is 0. The zero-order chi connectivity index (χ0) is 28.6. The van der Waals surface area contributed by atoms with E-state index in [0.29, 0.717) is 0 Å². The Morgan fingerprint density at radius 2 is 0.447 bits per heavy atom. The second-order valence-corrected chi connectivity index (χ2v) is 18.1. The van der Waals surface area contributed by atoms with E-state index < -0.39 is 16.1 Å². The Morgan fingerprint density at radius 3 is 0.474 bits per heavy atom. The maximum absolute atomic E-state index is 6.67. The van der Waals surface area contributed by atoms with E-state index in [0.717, 1.165) is 0 Å². The summed E-state index contributed by atoms with van der Waals surface area (Å²) in [6.45, 7) is 20.5. The van der Waals surface area contributed by atoms with Gasteiger partial charge in [0.2, 0.25) is 0 Å². The summed E-state index contributed by atoms with van der Waals surface area (Å²) in [5, 5.41) is 0. The number of hydrogen-bond acceptors (Lipinski definition) is 0. The van der Waals surface area contributed by atoms with E-state index in [1.165, 1.54) is 0 Å². The summed E-state index contributed by atoms with van der Waals surface area (Å²) in [7, 11) is -2.43. The zero-order valence-corrected chi connectivity index (χ0v) is 30.7. The minimum Gasteiger partial charge on any atom is -0.701 e. The van der Waals surface area contributed by atoms with Crippen molar-refractivity contribution in [3.63, 3.8) is 0 Å². The van der Waals surface area contributed by atoms with Crippen molar-refractivity contribution < 1.29 is 43.4 Å². The first kappa shape index (κ1) is 49.8. The van der Waals surface area contributed by atoms with Crippen molar-refractivity contribution in [2.45, 2.75) is 67.0 Å². The van der Waals surface area contributed by atoms with Crippen molar-refractivity contribution in [2.75, 3.05) is 0 Å². The van der Waals surface area contributed by atoms with Gasteiger partial charge in [0.25, 0.3) is 0 Å². The third-order valence-corrected chi connectivity index (χ3v) is 4.47. The fourth-order valence-corrected chi connectivity index (χ4v) is 1.28. The molecule has 4 rings (SSSR count). The molecule has 0 N–H and O–H groups in total. The SMILES string of the molecule is CC.CC.[C-]#C[Si](C)(C)C.[C-]#C[Si](C)(C)C.[CH]1C=CC=C1.[CH]1C=CC=C1.[CH]1C=CC=C1.[CH]1C=CC=C1.[Ti].[Ti]. The number of allylic oxidation sites excluding steroid dienone is 16. The smallest absolute Gasteiger partial charge is 0.0806 e. The molecule has 0 aromatic carbocycles. The molecular formula is C34H50Si2Ti2-2. The Labute approximate surface area is 271 Å². The minimum absolute atomic E-state index is 0. The molecule has 0 atom stereocenters. The summed E-state index contributed by atoms with van der Waals surface area (Å²) in [6.07, 6.45) is 53.3. The van der Waals surface area contributed by atoms with Crippen molar-refractivity contribution >= 4 is 16.1 Å². The third-order valence-electron chi connectivity index (χ3n) is 2.97. The molecule has 38 heavy (non-hydrogen) atoms. The van der Waals surface area contributed by atoms with Gasteiger partial charge in [-0.2, -0.15) is 0 Å². The first-order valence-corrected chi connectivity index (χ1v) is 19.7. The van der Waals surface area contributed by atoms with Crippen LogP contribution < -0.4 is 0 Å². The molecular weight excluding hydrogens is 560 g/mol. The molecule has 0 heterocycles. The van der Waals surface area contributed by atoms with Gasteiger partial charge in [0.1, 0.15) is 0 Å². The van der Waals surface area contributed by atoms with Crippen LogP contribution in [0.15, 0.2) is 97.2 Å². The van der Waals surface area contributed by atoms with Crippen LogP contribution in [0.5, 0.6) is 0 Å². The second-order valence-electron chi connectivity index (χ2n) is 8.60. The average Bonchev–Trinajstić information content (AvgIpc) is 3.70. The summed E-state index contributed by atoms with van der Waals surface area (Å²) in [4.78, 5) is 0. The van der Waals surface area contributed by atoms with Crippen molar-refractivity contribution in [3.05, 3.63) is 136 Å². The normalized spacial score (nSPS) is 12.8. The number of hydrogen-bond donors (Lipinski definition) is 0. The molecule has 0 bridgehead atoms. The van der Waals surface area contributed by atoms with Crippen molar-refractivity contribution in [2.24, 2.45) is 0 Å². The fraction of sp³-hybridized carbons (Fsp3) is 0.294. The van der Waals surface area contributed by atoms with Crippen LogP contribution in [0.1, 0.15) is 27.7 Å². The van der Waals surface area contributed by atoms with E-state index in [4.69, 9.17) is 12.8 Å². The predicted molar refractivity (Wildman–Crippen MR) is 174 cm³/mol. The Bertz CT molecular complexity index is 628. The molecule has 204 valence electrons. The molecule has 0 aromatic rings.